The van der Waals surface area contributed by atoms with Gasteiger partial charge in [0.15, 0.2) is 15.4 Å². The van der Waals surface area contributed by atoms with Crippen LogP contribution in [0.25, 0.3) is 0 Å². The Balaban J connectivity index is 0.000000173. The van der Waals surface area contributed by atoms with Crippen molar-refractivity contribution in [2.45, 2.75) is 106 Å². The van der Waals surface area contributed by atoms with Crippen molar-refractivity contribution in [3.05, 3.63) is 255 Å². The second-order valence-corrected chi connectivity index (χ2v) is 40.6. The Labute approximate surface area is 768 Å². The monoisotopic (exact) mass is 1980 g/mol. The summed E-state index contributed by atoms with van der Waals surface area (Å²) in [4.78, 5) is 16.9. The number of ether oxygens (including phenoxy) is 8. The number of aliphatic hydroxyl groups is 4. The highest BCUT2D eigenvalue weighted by molar-refractivity contribution is 9.11. The number of thiazole rings is 3. The van der Waals surface area contributed by atoms with Crippen LogP contribution in [0.1, 0.15) is 66.5 Å². The number of methoxy groups -OCH3 is 2. The maximum Gasteiger partial charge on any atom is 0.266 e. The molecule has 0 unspecified atom stereocenters. The molecule has 0 bridgehead atoms. The van der Waals surface area contributed by atoms with E-state index in [1.807, 2.05) is 113 Å². The van der Waals surface area contributed by atoms with Crippen LogP contribution in [-0.4, -0.2) is 168 Å². The summed E-state index contributed by atoms with van der Waals surface area (Å²) >= 11 is 15.5. The lowest BCUT2D eigenvalue weighted by Gasteiger charge is -2.33. The molecule has 0 radical (unpaired) electrons. The number of phenols is 1. The summed E-state index contributed by atoms with van der Waals surface area (Å²) in [6, 6.07) is 58.8. The summed E-state index contributed by atoms with van der Waals surface area (Å²) < 4.78 is 132. The number of phenolic OH excluding ortho intramolecular Hbond substituents is 1. The number of aromatic nitrogens is 3. The first-order valence-corrected chi connectivity index (χ1v) is 48.3. The van der Waals surface area contributed by atoms with Crippen LogP contribution in [0.4, 0.5) is 43.8 Å². The van der Waals surface area contributed by atoms with Gasteiger partial charge in [-0.3, -0.25) is 4.72 Å². The quantitative estimate of drug-likeness (QED) is 0.0235. The molecule has 672 valence electrons. The number of sulfonamides is 3. The highest BCUT2D eigenvalue weighted by Crippen LogP contribution is 2.45. The predicted octanol–water partition coefficient (Wildman–Crippen LogP) is 18.0. The fraction of sp³-hybridized carbons (Fsp3) is 0.292. The zero-order chi connectivity index (χ0) is 91.0. The summed E-state index contributed by atoms with van der Waals surface area (Å²) in [5.41, 5.74) is 2.04. The average molecular weight is 1990 g/mol. The van der Waals surface area contributed by atoms with Crippen LogP contribution in [0.2, 0.25) is 0 Å². The molecule has 28 nitrogen and oxygen atoms in total. The van der Waals surface area contributed by atoms with Gasteiger partial charge in [-0.2, -0.15) is 0 Å². The molecule has 0 saturated heterocycles. The van der Waals surface area contributed by atoms with E-state index in [9.17, 15) is 40.6 Å². The van der Waals surface area contributed by atoms with Gasteiger partial charge in [0.2, 0.25) is 0 Å². The molecule has 0 atom stereocenters. The molecule has 3 aromatic heterocycles. The molecule has 0 fully saturated rings. The van der Waals surface area contributed by atoms with Crippen molar-refractivity contribution in [1.29, 1.82) is 0 Å². The molecular formula is C89H100Br2ClN9O19S6. The Morgan fingerprint density at radius 2 is 0.873 bits per heavy atom. The van der Waals surface area contributed by atoms with Crippen LogP contribution in [-0.2, 0) is 43.2 Å². The van der Waals surface area contributed by atoms with E-state index in [1.54, 1.807) is 183 Å². The average Bonchev–Trinajstić information content (AvgIpc) is 1.02. The summed E-state index contributed by atoms with van der Waals surface area (Å²) in [5.74, 6) is 5.44. The molecule has 12 aromatic rings. The van der Waals surface area contributed by atoms with Gasteiger partial charge in [-0.05, 0) is 208 Å². The number of hydrogen-bond donors (Lipinski definition) is 7. The lowest BCUT2D eigenvalue weighted by molar-refractivity contribution is 0.0280. The van der Waals surface area contributed by atoms with E-state index < -0.39 is 52.5 Å². The first kappa shape index (κ1) is 98.0. The van der Waals surface area contributed by atoms with Crippen molar-refractivity contribution in [3.8, 4) is 51.7 Å². The van der Waals surface area contributed by atoms with E-state index in [2.05, 4.69) is 56.9 Å². The minimum absolute atomic E-state index is 0.0925. The van der Waals surface area contributed by atoms with Crippen LogP contribution in [0.3, 0.4) is 0 Å². The van der Waals surface area contributed by atoms with Gasteiger partial charge in [0.25, 0.3) is 30.1 Å². The van der Waals surface area contributed by atoms with Gasteiger partial charge in [0.1, 0.15) is 91.4 Å². The van der Waals surface area contributed by atoms with Gasteiger partial charge in [0.05, 0.1) is 121 Å². The number of alkyl halides is 1. The van der Waals surface area contributed by atoms with E-state index in [4.69, 9.17) is 59.7 Å². The third-order valence-corrected chi connectivity index (χ3v) is 27.1. The number of nitrogens with one attached hydrogen (secondary N) is 2. The molecule has 126 heavy (non-hydrogen) atoms. The van der Waals surface area contributed by atoms with Crippen LogP contribution in [0, 0.1) is 0 Å². The minimum atomic E-state index is -3.99. The van der Waals surface area contributed by atoms with Crippen LogP contribution >= 0.6 is 77.5 Å². The Morgan fingerprint density at radius 1 is 0.476 bits per heavy atom. The van der Waals surface area contributed by atoms with Gasteiger partial charge in [-0.1, -0.05) is 72.8 Å². The van der Waals surface area contributed by atoms with Crippen LogP contribution in [0.15, 0.2) is 259 Å². The molecule has 3 aliphatic rings. The number of benzene rings is 9. The third-order valence-electron chi connectivity index (χ3n) is 17.7. The highest BCUT2D eigenvalue weighted by atomic mass is 79.9. The van der Waals surface area contributed by atoms with Crippen LogP contribution in [0.5, 0.6) is 51.7 Å². The smallest absolute Gasteiger partial charge is 0.266 e. The van der Waals surface area contributed by atoms with Crippen molar-refractivity contribution in [2.24, 2.45) is 0 Å². The standard InChI is InChI=1S/C29H31N3O6S2.C21H23N3O5S2.C19H19N3O4S2.C10H13BrO2.C6H5BrO.C4H9ClO/c1-29(2,33)20-38-26-7-5-4-6-24(26)31-15-16-37-27-18-23(12-13-25(27)31)40(34,35)32(28-30-14-17-39-28)19-21-8-10-22(36-3)11-9-21;1-21(2,25)14-29-18-6-4-3-5-16(18)24-10-11-28-19-13-15(7-8-17(19)24)31(26,27)23-20-22-9-12-30-20;1-25-15-4-2-14(3-5-15)13-22(19-21-9-11-27-19)28(23,24)16-6-7-17-18(12-16)26-10-8-20-17;1-10(2,12)7-13-9-6-4-3-5-8(9)11;7-5-3-1-2-4-6(5)8;1-4(2,6)3-5/h4-14,17-18,33H,15-16,19-20H2,1-3H3;3-9,12-13,25H,10-11,14H2,1-2H3,(H,22,23);2-7,9,11-12,20H,8,10,13H2,1H3;3-6,12H,7H2,1-2H3;1-4,8H;6H,3H2,1-2H3. The van der Waals surface area contributed by atoms with Gasteiger partial charge in [0, 0.05) is 59.5 Å². The van der Waals surface area contributed by atoms with E-state index in [1.165, 1.54) is 61.0 Å². The van der Waals surface area contributed by atoms with E-state index in [0.29, 0.717) is 101 Å². The number of nitrogens with zero attached hydrogens (tertiary/aromatic N) is 7. The Morgan fingerprint density at radius 3 is 1.29 bits per heavy atom. The van der Waals surface area contributed by atoms with Crippen molar-refractivity contribution in [3.63, 3.8) is 0 Å². The van der Waals surface area contributed by atoms with Gasteiger partial charge in [-0.15, -0.1) is 45.6 Å². The molecule has 7 N–H and O–H groups in total. The third kappa shape index (κ3) is 28.7. The summed E-state index contributed by atoms with van der Waals surface area (Å²) in [7, 11) is -8.42. The lowest BCUT2D eigenvalue weighted by Crippen LogP contribution is -2.32. The van der Waals surface area contributed by atoms with Crippen LogP contribution < -0.4 is 66.3 Å². The number of anilines is 8. The molecule has 0 saturated carbocycles. The largest absolute Gasteiger partial charge is 0.507 e. The highest BCUT2D eigenvalue weighted by Gasteiger charge is 2.34. The fourth-order valence-electron chi connectivity index (χ4n) is 11.6. The molecular weight excluding hydrogens is 1890 g/mol. The zero-order valence-electron chi connectivity index (χ0n) is 70.7. The normalized spacial score (nSPS) is 12.9. The zero-order valence-corrected chi connectivity index (χ0v) is 79.5. The Kier molecular flexibility index (Phi) is 34.6. The SMILES string of the molecule is CC(C)(O)CCl.CC(C)(O)COc1ccccc1Br.CC(C)(O)COc1ccccc1N1CCOc2cc(S(=O)(=O)Nc3nccs3)ccc21.COc1ccc(CN(c2nccs2)S(=O)(=O)c2ccc3c(c2)OCCN3)cc1.COc1ccc(CN(c2nccs2)S(=O)(=O)c2ccc3c(c2)OCCN3c2ccccc2OCC(C)(C)O)cc1.Oc1ccccc1Br. The number of aromatic hydroxyl groups is 1. The number of fused-ring (bicyclic) bond motifs is 3. The number of hydrogen-bond acceptors (Lipinski definition) is 28. The van der Waals surface area contributed by atoms with E-state index in [-0.39, 0.29) is 53.3 Å². The summed E-state index contributed by atoms with van der Waals surface area (Å²) in [6.07, 6.45) is 4.71. The summed E-state index contributed by atoms with van der Waals surface area (Å²) in [6.45, 7) is 17.4. The molecule has 37 heteroatoms. The molecule has 15 rings (SSSR count). The van der Waals surface area contributed by atoms with E-state index >= 15 is 0 Å². The molecule has 3 aliphatic heterocycles. The molecule has 0 spiro atoms. The maximum atomic E-state index is 14.0. The van der Waals surface area contributed by atoms with Crippen molar-refractivity contribution in [1.82, 2.24) is 15.0 Å². The number of halogens is 3. The van der Waals surface area contributed by atoms with Crippen molar-refractivity contribution < 1.29 is 88.7 Å². The van der Waals surface area contributed by atoms with Gasteiger partial charge < -0.3 is 78.5 Å². The molecule has 0 amide bonds. The number of para-hydroxylation sites is 6. The van der Waals surface area contributed by atoms with Crippen molar-refractivity contribution >= 4 is 151 Å². The summed E-state index contributed by atoms with van der Waals surface area (Å²) in [5, 5.41) is 56.6. The number of rotatable bonds is 27. The lowest BCUT2D eigenvalue weighted by atomic mass is 10.1. The first-order valence-electron chi connectivity index (χ1n) is 39.1. The maximum absolute atomic E-state index is 14.0. The second-order valence-electron chi connectivity index (χ2n) is 30.6. The van der Waals surface area contributed by atoms with Crippen molar-refractivity contribution in [2.75, 3.05) is 108 Å². The Hall–Kier alpha value is -10.2. The molecule has 6 heterocycles. The van der Waals surface area contributed by atoms with Gasteiger partial charge in [-0.25, -0.2) is 48.8 Å². The Bertz CT molecular complexity index is 5810. The second kappa shape index (κ2) is 44.5. The first-order chi connectivity index (χ1) is 59.8. The molecule has 0 aliphatic carbocycles. The topological polar surface area (TPSA) is 353 Å². The minimum Gasteiger partial charge on any atom is -0.507 e. The van der Waals surface area contributed by atoms with E-state index in [0.717, 1.165) is 54.3 Å². The predicted molar refractivity (Wildman–Crippen MR) is 503 cm³/mol. The fourth-order valence-corrected chi connectivity index (χ4v) is 18.6. The van der Waals surface area contributed by atoms with Gasteiger partial charge >= 0.3 is 0 Å². The molecule has 9 aromatic carbocycles.